The number of carbonyl (C=O) groups is 4. The summed E-state index contributed by atoms with van der Waals surface area (Å²) in [6.07, 6.45) is 0.632. The zero-order valence-electron chi connectivity index (χ0n) is 37.0. The molecular formula is C46H59ClFN9O7. The number of carbonyl (C=O) groups excluding carboxylic acids is 4. The maximum absolute atomic E-state index is 14.9. The molecule has 0 spiro atoms. The average Bonchev–Trinajstić information content (AvgIpc) is 3.71. The highest BCUT2D eigenvalue weighted by Gasteiger charge is 2.42. The predicted molar refractivity (Wildman–Crippen MR) is 240 cm³/mol. The molecule has 3 saturated heterocycles. The van der Waals surface area contributed by atoms with Gasteiger partial charge in [-0.2, -0.15) is 0 Å². The van der Waals surface area contributed by atoms with E-state index in [1.165, 1.54) is 11.0 Å². The Balaban J connectivity index is 1.07. The maximum Gasteiger partial charge on any atom is 0.410 e. The van der Waals surface area contributed by atoms with Crippen LogP contribution in [0.1, 0.15) is 63.6 Å². The SMILES string of the molecule is CCOc1cccc(F)c1CN1CCN(C(=O)[C@H](NC(=O)OCc2ccccc2)C2CCN(CCc3cc(Cl)ccc3NC(=O)[C@@H]3C[C@H](N=[N+]=[N-])CN3C(=O)OC(C)(C)C)CC2)CC1. The fourth-order valence-electron chi connectivity index (χ4n) is 8.44. The van der Waals surface area contributed by atoms with Crippen LogP contribution in [0.3, 0.4) is 0 Å². The highest BCUT2D eigenvalue weighted by molar-refractivity contribution is 6.30. The number of nitrogens with zero attached hydrogens (tertiary/aromatic N) is 7. The largest absolute Gasteiger partial charge is 0.493 e. The van der Waals surface area contributed by atoms with Gasteiger partial charge in [0.1, 0.15) is 35.9 Å². The van der Waals surface area contributed by atoms with Crippen molar-refractivity contribution in [3.8, 4) is 5.75 Å². The van der Waals surface area contributed by atoms with Crippen LogP contribution in [0.4, 0.5) is 19.7 Å². The summed E-state index contributed by atoms with van der Waals surface area (Å²) in [4.78, 5) is 64.8. The first-order chi connectivity index (χ1) is 30.7. The molecule has 0 unspecified atom stereocenters. The van der Waals surface area contributed by atoms with Crippen molar-refractivity contribution in [2.75, 3.05) is 64.3 Å². The van der Waals surface area contributed by atoms with Crippen LogP contribution in [0.5, 0.6) is 5.75 Å². The Labute approximate surface area is 378 Å². The molecule has 2 N–H and O–H groups in total. The molecule has 0 radical (unpaired) electrons. The second-order valence-electron chi connectivity index (χ2n) is 17.4. The van der Waals surface area contributed by atoms with E-state index < -0.39 is 41.8 Å². The van der Waals surface area contributed by atoms with Crippen molar-refractivity contribution in [1.82, 2.24) is 24.9 Å². The number of azide groups is 1. The summed E-state index contributed by atoms with van der Waals surface area (Å²) in [5, 5.41) is 10.2. The van der Waals surface area contributed by atoms with Gasteiger partial charge in [-0.1, -0.05) is 53.1 Å². The molecule has 0 aliphatic carbocycles. The maximum atomic E-state index is 14.9. The summed E-state index contributed by atoms with van der Waals surface area (Å²) in [5.74, 6) is -0.579. The molecule has 3 atom stereocenters. The fraction of sp³-hybridized carbons (Fsp3) is 0.522. The van der Waals surface area contributed by atoms with E-state index in [4.69, 9.17) is 31.3 Å². The Morgan fingerprint density at radius 3 is 2.39 bits per heavy atom. The third kappa shape index (κ3) is 13.2. The number of piperazine rings is 1. The molecule has 3 aliphatic heterocycles. The Kier molecular flexibility index (Phi) is 16.7. The first-order valence-corrected chi connectivity index (χ1v) is 22.3. The van der Waals surface area contributed by atoms with E-state index in [9.17, 15) is 23.6 Å². The van der Waals surface area contributed by atoms with E-state index in [1.54, 1.807) is 56.0 Å². The molecule has 3 fully saturated rings. The number of rotatable bonds is 15. The Bertz CT molecular complexity index is 2140. The van der Waals surface area contributed by atoms with Crippen molar-refractivity contribution in [2.24, 2.45) is 11.0 Å². The number of nitrogens with one attached hydrogen (secondary N) is 2. The topological polar surface area (TPSA) is 182 Å². The fourth-order valence-corrected chi connectivity index (χ4v) is 8.63. The van der Waals surface area contributed by atoms with Crippen LogP contribution in [0.2, 0.25) is 5.02 Å². The van der Waals surface area contributed by atoms with Gasteiger partial charge in [-0.25, -0.2) is 14.0 Å². The van der Waals surface area contributed by atoms with Crippen LogP contribution >= 0.6 is 11.6 Å². The molecule has 3 heterocycles. The number of likely N-dealkylation sites (tertiary alicyclic amines) is 2. The number of ether oxygens (including phenoxy) is 3. The van der Waals surface area contributed by atoms with E-state index >= 15 is 0 Å². The Hall–Kier alpha value is -5.61. The number of hydrogen-bond acceptors (Lipinski definition) is 10. The molecule has 0 bridgehead atoms. The second-order valence-corrected chi connectivity index (χ2v) is 17.8. The molecule has 0 saturated carbocycles. The predicted octanol–water partition coefficient (Wildman–Crippen LogP) is 7.40. The van der Waals surface area contributed by atoms with Crippen molar-refractivity contribution in [1.29, 1.82) is 0 Å². The summed E-state index contributed by atoms with van der Waals surface area (Å²) < 4.78 is 31.7. The number of benzene rings is 3. The van der Waals surface area contributed by atoms with E-state index in [2.05, 4.69) is 30.5 Å². The van der Waals surface area contributed by atoms with Crippen molar-refractivity contribution in [2.45, 2.75) is 90.3 Å². The van der Waals surface area contributed by atoms with Gasteiger partial charge in [0.2, 0.25) is 11.8 Å². The molecule has 3 aromatic carbocycles. The van der Waals surface area contributed by atoms with Crippen LogP contribution in [-0.2, 0) is 38.6 Å². The van der Waals surface area contributed by atoms with Crippen molar-refractivity contribution < 1.29 is 37.8 Å². The molecule has 3 aliphatic rings. The summed E-state index contributed by atoms with van der Waals surface area (Å²) in [7, 11) is 0. The average molecular weight is 904 g/mol. The highest BCUT2D eigenvalue weighted by atomic mass is 35.5. The number of alkyl carbamates (subject to hydrolysis) is 1. The van der Waals surface area contributed by atoms with Gasteiger partial charge in [-0.3, -0.25) is 19.4 Å². The van der Waals surface area contributed by atoms with Crippen LogP contribution in [0, 0.1) is 11.7 Å². The number of halogens is 2. The minimum absolute atomic E-state index is 0.0567. The lowest BCUT2D eigenvalue weighted by molar-refractivity contribution is -0.137. The van der Waals surface area contributed by atoms with E-state index in [0.717, 1.165) is 11.1 Å². The standard InChI is InChI=1S/C46H59ClFN9O7/c1-5-62-40-13-9-12-37(48)36(40)29-55-22-24-56(25-23-55)43(59)41(51-44(60)63-30-31-10-7-6-8-11-31)32-16-19-54(20-17-32)21-18-33-26-34(47)14-15-38(33)50-42(58)39-27-35(52-53-49)28-57(39)45(61)64-46(2,3)4/h6-15,26,32,35,39,41H,5,16-25,27-30H2,1-4H3,(H,50,58)(H,51,60)/t35-,39-,41+/m0/s1. The van der Waals surface area contributed by atoms with Crippen LogP contribution in [0.25, 0.3) is 10.4 Å². The lowest BCUT2D eigenvalue weighted by Crippen LogP contribution is -2.58. The summed E-state index contributed by atoms with van der Waals surface area (Å²) in [6.45, 7) is 11.8. The first kappa shape index (κ1) is 47.9. The smallest absolute Gasteiger partial charge is 0.410 e. The zero-order chi connectivity index (χ0) is 45.8. The van der Waals surface area contributed by atoms with E-state index in [0.29, 0.717) is 100 Å². The van der Waals surface area contributed by atoms with E-state index in [-0.39, 0.29) is 37.2 Å². The number of amides is 4. The molecule has 344 valence electrons. The molecule has 18 heteroatoms. The lowest BCUT2D eigenvalue weighted by atomic mass is 9.88. The van der Waals surface area contributed by atoms with Gasteiger partial charge in [0.15, 0.2) is 0 Å². The summed E-state index contributed by atoms with van der Waals surface area (Å²) in [5.41, 5.74) is 10.9. The third-order valence-corrected chi connectivity index (χ3v) is 12.0. The monoisotopic (exact) mass is 903 g/mol. The van der Waals surface area contributed by atoms with Gasteiger partial charge in [0, 0.05) is 67.0 Å². The number of anilines is 1. The Morgan fingerprint density at radius 1 is 0.969 bits per heavy atom. The van der Waals surface area contributed by atoms with Crippen LogP contribution in [-0.4, -0.2) is 126 Å². The lowest BCUT2D eigenvalue weighted by Gasteiger charge is -2.40. The van der Waals surface area contributed by atoms with Gasteiger partial charge in [-0.05, 0) is 119 Å². The molecular weight excluding hydrogens is 845 g/mol. The molecule has 64 heavy (non-hydrogen) atoms. The quantitative estimate of drug-likeness (QED) is 0.0893. The second kappa shape index (κ2) is 22.3. The van der Waals surface area contributed by atoms with Crippen molar-refractivity contribution >= 4 is 41.3 Å². The van der Waals surface area contributed by atoms with Gasteiger partial charge < -0.3 is 34.6 Å². The van der Waals surface area contributed by atoms with Crippen LogP contribution < -0.4 is 15.4 Å². The molecule has 16 nitrogen and oxygen atoms in total. The van der Waals surface area contributed by atoms with Crippen molar-refractivity contribution in [3.05, 3.63) is 105 Å². The third-order valence-electron chi connectivity index (χ3n) is 11.7. The highest BCUT2D eigenvalue weighted by Crippen LogP contribution is 2.29. The minimum atomic E-state index is -0.913. The number of hydrogen-bond donors (Lipinski definition) is 2. The molecule has 0 aromatic heterocycles. The molecule has 3 aromatic rings. The Morgan fingerprint density at radius 2 is 1.70 bits per heavy atom. The summed E-state index contributed by atoms with van der Waals surface area (Å²) in [6, 6.07) is 17.1. The molecule has 6 rings (SSSR count). The van der Waals surface area contributed by atoms with Crippen LogP contribution in [0.15, 0.2) is 71.8 Å². The normalized spacial score (nSPS) is 19.0. The first-order valence-electron chi connectivity index (χ1n) is 21.9. The minimum Gasteiger partial charge on any atom is -0.493 e. The zero-order valence-corrected chi connectivity index (χ0v) is 37.8. The summed E-state index contributed by atoms with van der Waals surface area (Å²) >= 11 is 6.45. The van der Waals surface area contributed by atoms with Crippen molar-refractivity contribution in [3.63, 3.8) is 0 Å². The van der Waals surface area contributed by atoms with Gasteiger partial charge in [0.05, 0.1) is 12.6 Å². The van der Waals surface area contributed by atoms with Gasteiger partial charge in [0.25, 0.3) is 0 Å². The van der Waals surface area contributed by atoms with Gasteiger partial charge >= 0.3 is 12.2 Å². The molecule has 4 amide bonds. The van der Waals surface area contributed by atoms with Gasteiger partial charge in [-0.15, -0.1) is 0 Å². The number of piperidine rings is 1. The van der Waals surface area contributed by atoms with E-state index in [1.807, 2.05) is 37.3 Å².